The van der Waals surface area contributed by atoms with Gasteiger partial charge >= 0.3 is 5.97 Å². The molecule has 0 spiro atoms. The first-order valence-corrected chi connectivity index (χ1v) is 7.46. The molecule has 2 rings (SSSR count). The summed E-state index contributed by atoms with van der Waals surface area (Å²) in [5.74, 6) is -0.379. The van der Waals surface area contributed by atoms with Gasteiger partial charge in [0.25, 0.3) is 5.56 Å². The molecule has 6 nitrogen and oxygen atoms in total. The summed E-state index contributed by atoms with van der Waals surface area (Å²) in [6.07, 6.45) is -0.0797. The number of aromatic amines is 1. The molecule has 8 heteroatoms. The van der Waals surface area contributed by atoms with Crippen molar-refractivity contribution >= 4 is 29.3 Å². The second-order valence-electron chi connectivity index (χ2n) is 4.22. The lowest BCUT2D eigenvalue weighted by molar-refractivity contribution is -0.136. The Morgan fingerprint density at radius 1 is 1.38 bits per heavy atom. The quantitative estimate of drug-likeness (QED) is 0.790. The van der Waals surface area contributed by atoms with Crippen molar-refractivity contribution in [2.24, 2.45) is 0 Å². The second kappa shape index (κ2) is 7.24. The summed E-state index contributed by atoms with van der Waals surface area (Å²) < 4.78 is 0. The number of thioether (sulfide) groups is 1. The van der Waals surface area contributed by atoms with Gasteiger partial charge in [0.2, 0.25) is 0 Å². The van der Waals surface area contributed by atoms with E-state index in [1.54, 1.807) is 6.07 Å². The average Bonchev–Trinajstić information content (AvgIpc) is 2.44. The van der Waals surface area contributed by atoms with Gasteiger partial charge in [-0.05, 0) is 17.7 Å². The highest BCUT2D eigenvalue weighted by Crippen LogP contribution is 2.20. The van der Waals surface area contributed by atoms with Crippen molar-refractivity contribution in [3.8, 4) is 0 Å². The molecule has 0 aliphatic heterocycles. The Morgan fingerprint density at radius 2 is 2.19 bits per heavy atom. The van der Waals surface area contributed by atoms with Crippen LogP contribution in [-0.4, -0.2) is 26.3 Å². The fourth-order valence-corrected chi connectivity index (χ4v) is 2.54. The first-order valence-electron chi connectivity index (χ1n) is 6.09. The molecule has 1 aromatic carbocycles. The largest absolute Gasteiger partial charge is 0.481 e. The molecule has 1 aromatic heterocycles. The van der Waals surface area contributed by atoms with E-state index >= 15 is 0 Å². The maximum atomic E-state index is 11.7. The molecule has 0 amide bonds. The van der Waals surface area contributed by atoms with Crippen molar-refractivity contribution in [3.05, 3.63) is 50.9 Å². The SMILES string of the molecule is O=C(O)CCc1nnc(SCc2cccc(Cl)c2)[nH]c1=O. The van der Waals surface area contributed by atoms with Gasteiger partial charge in [-0.2, -0.15) is 0 Å². The van der Waals surface area contributed by atoms with Gasteiger partial charge in [-0.15, -0.1) is 10.2 Å². The third-order valence-electron chi connectivity index (χ3n) is 2.58. The number of aryl methyl sites for hydroxylation is 1. The Balaban J connectivity index is 2.00. The number of nitrogens with one attached hydrogen (secondary N) is 1. The molecule has 0 saturated carbocycles. The van der Waals surface area contributed by atoms with Crippen molar-refractivity contribution < 1.29 is 9.90 Å². The Labute approximate surface area is 129 Å². The van der Waals surface area contributed by atoms with Gasteiger partial charge in [0, 0.05) is 17.2 Å². The predicted molar refractivity (Wildman–Crippen MR) is 79.6 cm³/mol. The topological polar surface area (TPSA) is 95.9 Å². The fraction of sp³-hybridized carbons (Fsp3) is 0.231. The number of hydrogen-bond donors (Lipinski definition) is 2. The van der Waals surface area contributed by atoms with Crippen LogP contribution in [0.3, 0.4) is 0 Å². The average molecular weight is 326 g/mol. The highest BCUT2D eigenvalue weighted by molar-refractivity contribution is 7.98. The van der Waals surface area contributed by atoms with Gasteiger partial charge in [0.05, 0.1) is 6.42 Å². The van der Waals surface area contributed by atoms with Crippen LogP contribution in [0.2, 0.25) is 5.02 Å². The number of carboxylic acid groups (broad SMARTS) is 1. The molecule has 1 heterocycles. The molecule has 0 atom stereocenters. The third-order valence-corrected chi connectivity index (χ3v) is 3.75. The molecule has 0 fully saturated rings. The second-order valence-corrected chi connectivity index (χ2v) is 5.62. The first-order chi connectivity index (χ1) is 10.0. The maximum absolute atomic E-state index is 11.7. The minimum Gasteiger partial charge on any atom is -0.481 e. The number of H-pyrrole nitrogens is 1. The van der Waals surface area contributed by atoms with Crippen molar-refractivity contribution in [1.82, 2.24) is 15.2 Å². The van der Waals surface area contributed by atoms with E-state index in [4.69, 9.17) is 16.7 Å². The molecule has 0 aliphatic carbocycles. The van der Waals surface area contributed by atoms with E-state index in [1.165, 1.54) is 11.8 Å². The monoisotopic (exact) mass is 325 g/mol. The van der Waals surface area contributed by atoms with E-state index in [0.29, 0.717) is 15.9 Å². The van der Waals surface area contributed by atoms with Gasteiger partial charge < -0.3 is 5.11 Å². The van der Waals surface area contributed by atoms with Gasteiger partial charge in [0.15, 0.2) is 5.16 Å². The van der Waals surface area contributed by atoms with Gasteiger partial charge in [-0.1, -0.05) is 35.5 Å². The van der Waals surface area contributed by atoms with E-state index in [-0.39, 0.29) is 18.5 Å². The number of carbonyl (C=O) groups is 1. The number of aliphatic carboxylic acids is 1. The lowest BCUT2D eigenvalue weighted by Gasteiger charge is -2.02. The van der Waals surface area contributed by atoms with E-state index in [1.807, 2.05) is 18.2 Å². The fourth-order valence-electron chi connectivity index (χ4n) is 1.58. The Bertz CT molecular complexity index is 705. The zero-order valence-corrected chi connectivity index (χ0v) is 12.4. The van der Waals surface area contributed by atoms with Crippen LogP contribution in [0, 0.1) is 0 Å². The summed E-state index contributed by atoms with van der Waals surface area (Å²) in [6, 6.07) is 7.39. The highest BCUT2D eigenvalue weighted by Gasteiger charge is 2.08. The number of aromatic nitrogens is 3. The number of rotatable bonds is 6. The van der Waals surface area contributed by atoms with Crippen molar-refractivity contribution in [2.75, 3.05) is 0 Å². The van der Waals surface area contributed by atoms with E-state index in [9.17, 15) is 9.59 Å². The summed E-state index contributed by atoms with van der Waals surface area (Å²) in [5, 5.41) is 17.3. The highest BCUT2D eigenvalue weighted by atomic mass is 35.5. The van der Waals surface area contributed by atoms with Crippen LogP contribution in [-0.2, 0) is 17.0 Å². The summed E-state index contributed by atoms with van der Waals surface area (Å²) in [6.45, 7) is 0. The van der Waals surface area contributed by atoms with Crippen LogP contribution in [0.4, 0.5) is 0 Å². The maximum Gasteiger partial charge on any atom is 0.303 e. The summed E-state index contributed by atoms with van der Waals surface area (Å²) in [4.78, 5) is 24.8. The van der Waals surface area contributed by atoms with Crippen LogP contribution in [0.15, 0.2) is 34.2 Å². The first kappa shape index (κ1) is 15.5. The molecule has 21 heavy (non-hydrogen) atoms. The normalized spacial score (nSPS) is 10.5. The van der Waals surface area contributed by atoms with Crippen LogP contribution < -0.4 is 5.56 Å². The molecule has 110 valence electrons. The Hall–Kier alpha value is -1.86. The molecule has 0 aliphatic rings. The lowest BCUT2D eigenvalue weighted by Crippen LogP contribution is -2.18. The number of carboxylic acids is 1. The molecule has 0 radical (unpaired) electrons. The summed E-state index contributed by atoms with van der Waals surface area (Å²) in [5.41, 5.74) is 0.731. The van der Waals surface area contributed by atoms with Crippen molar-refractivity contribution in [1.29, 1.82) is 0 Å². The van der Waals surface area contributed by atoms with Crippen LogP contribution in [0.1, 0.15) is 17.7 Å². The molecular formula is C13H12ClN3O3S. The van der Waals surface area contributed by atoms with Crippen LogP contribution in [0.25, 0.3) is 0 Å². The van der Waals surface area contributed by atoms with E-state index in [2.05, 4.69) is 15.2 Å². The number of benzene rings is 1. The smallest absolute Gasteiger partial charge is 0.303 e. The van der Waals surface area contributed by atoms with Gasteiger partial charge in [0.1, 0.15) is 5.69 Å². The minimum absolute atomic E-state index is 0.0664. The molecule has 0 bridgehead atoms. The molecule has 0 saturated heterocycles. The van der Waals surface area contributed by atoms with Crippen molar-refractivity contribution in [2.45, 2.75) is 23.8 Å². The van der Waals surface area contributed by atoms with Crippen LogP contribution in [0.5, 0.6) is 0 Å². The predicted octanol–water partition coefficient (Wildman–Crippen LogP) is 2.13. The zero-order valence-electron chi connectivity index (χ0n) is 10.9. The Kier molecular flexibility index (Phi) is 5.35. The number of hydrogen-bond acceptors (Lipinski definition) is 5. The summed E-state index contributed by atoms with van der Waals surface area (Å²) >= 11 is 7.22. The number of halogens is 1. The third kappa shape index (κ3) is 4.87. The molecule has 2 aromatic rings. The van der Waals surface area contributed by atoms with E-state index < -0.39 is 11.5 Å². The summed E-state index contributed by atoms with van der Waals surface area (Å²) in [7, 11) is 0. The number of nitrogens with zero attached hydrogens (tertiary/aromatic N) is 2. The van der Waals surface area contributed by atoms with Crippen LogP contribution >= 0.6 is 23.4 Å². The Morgan fingerprint density at radius 3 is 2.86 bits per heavy atom. The van der Waals surface area contributed by atoms with Gasteiger partial charge in [-0.3, -0.25) is 14.6 Å². The molecule has 0 unspecified atom stereocenters. The standard InChI is InChI=1S/C13H12ClN3O3S/c14-9-3-1-2-8(6-9)7-21-13-15-12(20)10(16-17-13)4-5-11(18)19/h1-3,6H,4-5,7H2,(H,18,19)(H,15,17,20). The molecular weight excluding hydrogens is 314 g/mol. The minimum atomic E-state index is -0.976. The lowest BCUT2D eigenvalue weighted by atomic mass is 10.2. The van der Waals surface area contributed by atoms with Crippen molar-refractivity contribution in [3.63, 3.8) is 0 Å². The van der Waals surface area contributed by atoms with Gasteiger partial charge in [-0.25, -0.2) is 0 Å². The molecule has 2 N–H and O–H groups in total. The zero-order chi connectivity index (χ0) is 15.2. The van der Waals surface area contributed by atoms with E-state index in [0.717, 1.165) is 5.56 Å².